The first-order valence-corrected chi connectivity index (χ1v) is 5.60. The molecule has 2 N–H and O–H groups in total. The molecule has 2 aromatic heterocycles. The summed E-state index contributed by atoms with van der Waals surface area (Å²) >= 11 is 0. The molecule has 0 amide bonds. The normalized spacial score (nSPS) is 11.7. The van der Waals surface area contributed by atoms with Gasteiger partial charge in [-0.15, -0.1) is 11.8 Å². The van der Waals surface area contributed by atoms with Gasteiger partial charge in [0, 0.05) is 0 Å². The fourth-order valence-electron chi connectivity index (χ4n) is 2.16. The van der Waals surface area contributed by atoms with Gasteiger partial charge < -0.3 is 24.8 Å². The molecule has 3 rings (SSSR count). The fraction of sp³-hybridized carbons (Fsp3) is 0. The smallest absolute Gasteiger partial charge is 0.543 e. The predicted octanol–water partition coefficient (Wildman–Crippen LogP) is -6.67. The van der Waals surface area contributed by atoms with E-state index in [1.165, 1.54) is 6.07 Å². The number of aromatic nitrogens is 2. The molecule has 0 aromatic carbocycles. The van der Waals surface area contributed by atoms with Gasteiger partial charge in [0.2, 0.25) is 5.78 Å². The molecule has 0 fully saturated rings. The minimum absolute atomic E-state index is 0. The zero-order valence-corrected chi connectivity index (χ0v) is 12.1. The van der Waals surface area contributed by atoms with Crippen molar-refractivity contribution in [1.82, 2.24) is 9.97 Å². The first-order valence-electron chi connectivity index (χ1n) is 5.60. The Labute approximate surface area is 152 Å². The van der Waals surface area contributed by atoms with Gasteiger partial charge in [0.05, 0.1) is 17.2 Å². The van der Waals surface area contributed by atoms with E-state index in [0.717, 1.165) is 6.07 Å². The van der Waals surface area contributed by atoms with E-state index in [1.807, 2.05) is 0 Å². The van der Waals surface area contributed by atoms with Gasteiger partial charge in [-0.1, -0.05) is 5.69 Å². The number of hydrogen-bond acceptors (Lipinski definition) is 6. The number of carbonyl (C=O) groups is 4. The first kappa shape index (κ1) is 19.0. The number of aromatic carboxylic acids is 2. The number of hydrogen-bond donors (Lipinski definition) is 2. The van der Waals surface area contributed by atoms with Gasteiger partial charge in [0.25, 0.3) is 0 Å². The van der Waals surface area contributed by atoms with Crippen molar-refractivity contribution in [1.29, 1.82) is 0 Å². The van der Waals surface area contributed by atoms with E-state index in [0.29, 0.717) is 0 Å². The zero-order valence-electron chi connectivity index (χ0n) is 12.1. The molecule has 23 heavy (non-hydrogen) atoms. The van der Waals surface area contributed by atoms with Gasteiger partial charge in [0.1, 0.15) is 5.69 Å². The van der Waals surface area contributed by atoms with Gasteiger partial charge in [0.15, 0.2) is 5.78 Å². The van der Waals surface area contributed by atoms with Crippen LogP contribution in [0.1, 0.15) is 41.7 Å². The molecule has 0 bridgehead atoms. The van der Waals surface area contributed by atoms with Crippen molar-refractivity contribution in [2.45, 2.75) is 0 Å². The molecular weight excluding hydrogens is 294 g/mol. The summed E-state index contributed by atoms with van der Waals surface area (Å²) in [7, 11) is 0. The summed E-state index contributed by atoms with van der Waals surface area (Å²) in [5.41, 5.74) is -1.80. The van der Waals surface area contributed by atoms with E-state index in [4.69, 9.17) is 0 Å². The summed E-state index contributed by atoms with van der Waals surface area (Å²) in [4.78, 5) is 52.1. The van der Waals surface area contributed by atoms with Gasteiger partial charge >= 0.3 is 43.7 Å². The number of rotatable bonds is 2. The van der Waals surface area contributed by atoms with Crippen molar-refractivity contribution < 1.29 is 67.1 Å². The van der Waals surface area contributed by atoms with Crippen molar-refractivity contribution in [2.24, 2.45) is 0 Å². The molecule has 0 saturated heterocycles. The SMILES string of the molecule is O=C([O-])c1cc(C(=O)O)c2c(n1)C(=O)C(=O)c1c[c-][nH]c1-2.[Li+].[Li+]. The van der Waals surface area contributed by atoms with Crippen molar-refractivity contribution in [2.75, 3.05) is 0 Å². The van der Waals surface area contributed by atoms with E-state index in [9.17, 15) is 29.4 Å². The minimum Gasteiger partial charge on any atom is -0.543 e. The van der Waals surface area contributed by atoms with Gasteiger partial charge in [-0.25, -0.2) is 9.78 Å². The molecule has 1 aliphatic rings. The molecular formula is C13H4Li2N2O6. The Morgan fingerprint density at radius 3 is 2.43 bits per heavy atom. The third-order valence-corrected chi connectivity index (χ3v) is 3.06. The van der Waals surface area contributed by atoms with Crippen LogP contribution in [0, 0.1) is 6.20 Å². The second-order valence-corrected chi connectivity index (χ2v) is 4.23. The van der Waals surface area contributed by atoms with E-state index in [-0.39, 0.29) is 54.5 Å². The van der Waals surface area contributed by atoms with E-state index in [2.05, 4.69) is 16.2 Å². The average molecular weight is 298 g/mol. The molecule has 8 nitrogen and oxygen atoms in total. The van der Waals surface area contributed by atoms with Crippen LogP contribution in [0.4, 0.5) is 0 Å². The summed E-state index contributed by atoms with van der Waals surface area (Å²) < 4.78 is 0. The zero-order chi connectivity index (χ0) is 15.3. The molecule has 1 aliphatic carbocycles. The van der Waals surface area contributed by atoms with Crippen LogP contribution in [0.25, 0.3) is 11.3 Å². The molecule has 0 atom stereocenters. The van der Waals surface area contributed by atoms with Gasteiger partial charge in [-0.2, -0.15) is 6.07 Å². The standard InChI is InChI=1S/C13H5N2O6.2Li/c16-10-4-1-2-14-8(4)7-5(12(18)19)3-6(13(20)21)15-9(7)11(10)17;;/h1,3,14H,(H,18,19)(H,20,21);;/q-1;2*+1/p-1. The van der Waals surface area contributed by atoms with Crippen LogP contribution in [-0.2, 0) is 0 Å². The van der Waals surface area contributed by atoms with Crippen molar-refractivity contribution in [3.8, 4) is 11.3 Å². The summed E-state index contributed by atoms with van der Waals surface area (Å²) in [6, 6.07) is 2.00. The van der Waals surface area contributed by atoms with Crippen LogP contribution in [-0.4, -0.2) is 38.6 Å². The molecule has 2 heterocycles. The van der Waals surface area contributed by atoms with Crippen LogP contribution in [0.3, 0.4) is 0 Å². The Morgan fingerprint density at radius 2 is 1.87 bits per heavy atom. The number of carboxylic acids is 2. The molecule has 0 spiro atoms. The average Bonchev–Trinajstić information content (AvgIpc) is 2.92. The first-order chi connectivity index (χ1) is 9.91. The summed E-state index contributed by atoms with van der Waals surface area (Å²) in [5.74, 6) is -5.19. The fourth-order valence-corrected chi connectivity index (χ4v) is 2.16. The molecule has 0 radical (unpaired) electrons. The number of fused-ring (bicyclic) bond motifs is 3. The Kier molecular flexibility index (Phi) is 5.41. The van der Waals surface area contributed by atoms with E-state index >= 15 is 0 Å². The number of carboxylic acid groups (broad SMARTS) is 2. The van der Waals surface area contributed by atoms with Crippen molar-refractivity contribution >= 4 is 23.5 Å². The van der Waals surface area contributed by atoms with Crippen LogP contribution in [0.2, 0.25) is 0 Å². The second-order valence-electron chi connectivity index (χ2n) is 4.23. The second kappa shape index (κ2) is 6.57. The number of H-pyrrole nitrogens is 1. The summed E-state index contributed by atoms with van der Waals surface area (Å²) in [6.07, 6.45) is 2.49. The third kappa shape index (κ3) is 2.78. The quantitative estimate of drug-likeness (QED) is 0.319. The predicted molar refractivity (Wildman–Crippen MR) is 62.8 cm³/mol. The number of pyridine rings is 1. The molecule has 0 saturated carbocycles. The van der Waals surface area contributed by atoms with Crippen LogP contribution in [0.15, 0.2) is 12.1 Å². The Bertz CT molecular complexity index is 858. The van der Waals surface area contributed by atoms with Crippen molar-refractivity contribution in [3.05, 3.63) is 40.8 Å². The number of nitrogens with one attached hydrogen (secondary N) is 1. The molecule has 2 aromatic rings. The maximum atomic E-state index is 12.0. The van der Waals surface area contributed by atoms with Crippen LogP contribution < -0.4 is 42.8 Å². The molecule has 0 unspecified atom stereocenters. The minimum atomic E-state index is -1.75. The Balaban J connectivity index is 0.00000132. The maximum absolute atomic E-state index is 12.0. The third-order valence-electron chi connectivity index (χ3n) is 3.06. The largest absolute Gasteiger partial charge is 1.00 e. The molecule has 104 valence electrons. The maximum Gasteiger partial charge on any atom is 1.00 e. The number of aromatic amines is 1. The number of Topliss-reactive ketones (excluding diaryl/α,β-unsaturated/α-hetero) is 2. The Morgan fingerprint density at radius 1 is 1.22 bits per heavy atom. The van der Waals surface area contributed by atoms with Crippen LogP contribution in [0.5, 0.6) is 0 Å². The molecule has 0 aliphatic heterocycles. The monoisotopic (exact) mass is 298 g/mol. The number of carbonyl (C=O) groups excluding carboxylic acids is 3. The topological polar surface area (TPSA) is 140 Å². The van der Waals surface area contributed by atoms with E-state index in [1.54, 1.807) is 0 Å². The van der Waals surface area contributed by atoms with Gasteiger partial charge in [-0.05, 0) is 11.6 Å². The summed E-state index contributed by atoms with van der Waals surface area (Å²) in [6.45, 7) is 0. The van der Waals surface area contributed by atoms with Crippen molar-refractivity contribution in [3.63, 3.8) is 0 Å². The summed E-state index contributed by atoms with van der Waals surface area (Å²) in [5, 5.41) is 20.1. The molecule has 10 heteroatoms. The number of nitrogens with zero attached hydrogens (tertiary/aromatic N) is 1. The van der Waals surface area contributed by atoms with Gasteiger partial charge in [-0.3, -0.25) is 4.79 Å². The van der Waals surface area contributed by atoms with Crippen LogP contribution >= 0.6 is 0 Å². The number of ketones is 2. The Hall–Kier alpha value is -2.10. The van der Waals surface area contributed by atoms with E-state index < -0.39 is 40.5 Å².